The second kappa shape index (κ2) is 5.08. The average Bonchev–Trinajstić information content (AvgIpc) is 2.38. The van der Waals surface area contributed by atoms with Crippen molar-refractivity contribution in [3.8, 4) is 11.1 Å². The first kappa shape index (κ1) is 14.8. The van der Waals surface area contributed by atoms with E-state index in [0.29, 0.717) is 5.56 Å². The SMILES string of the molecule is Cc1cc([N+](=O)[O-])ccc1-c1ccc(N)cc1C(F)(F)F. The standard InChI is InChI=1S/C14H11F3N2O2/c1-8-6-10(19(20)21)3-5-11(8)12-4-2-9(18)7-13(12)14(15,16)17/h2-7H,18H2,1H3. The molecule has 0 aromatic heterocycles. The molecule has 0 aliphatic rings. The summed E-state index contributed by atoms with van der Waals surface area (Å²) in [5.41, 5.74) is 5.01. The number of anilines is 1. The zero-order valence-electron chi connectivity index (χ0n) is 10.9. The Kier molecular flexibility index (Phi) is 3.59. The van der Waals surface area contributed by atoms with E-state index in [1.807, 2.05) is 0 Å². The van der Waals surface area contributed by atoms with Crippen LogP contribution < -0.4 is 5.73 Å². The Bertz CT molecular complexity index is 712. The number of rotatable bonds is 2. The molecule has 0 saturated carbocycles. The lowest BCUT2D eigenvalue weighted by atomic mass is 9.95. The molecule has 0 aliphatic heterocycles. The minimum Gasteiger partial charge on any atom is -0.399 e. The zero-order chi connectivity index (χ0) is 15.8. The summed E-state index contributed by atoms with van der Waals surface area (Å²) >= 11 is 0. The highest BCUT2D eigenvalue weighted by Gasteiger charge is 2.34. The molecule has 0 fully saturated rings. The fourth-order valence-corrected chi connectivity index (χ4v) is 2.09. The Hall–Kier alpha value is -2.57. The van der Waals surface area contributed by atoms with E-state index < -0.39 is 16.7 Å². The fraction of sp³-hybridized carbons (Fsp3) is 0.143. The number of nitrogens with two attached hydrogens (primary N) is 1. The number of nitro benzene ring substituents is 1. The van der Waals surface area contributed by atoms with E-state index in [4.69, 9.17) is 5.73 Å². The van der Waals surface area contributed by atoms with Crippen LogP contribution in [0.25, 0.3) is 11.1 Å². The van der Waals surface area contributed by atoms with Gasteiger partial charge in [-0.05, 0) is 41.8 Å². The molecular formula is C14H11F3N2O2. The number of nitrogens with zero attached hydrogens (tertiary/aromatic N) is 1. The summed E-state index contributed by atoms with van der Waals surface area (Å²) in [6.07, 6.45) is -4.56. The lowest BCUT2D eigenvalue weighted by Crippen LogP contribution is -2.08. The molecular weight excluding hydrogens is 285 g/mol. The summed E-state index contributed by atoms with van der Waals surface area (Å²) in [6, 6.07) is 7.23. The molecule has 2 aromatic carbocycles. The maximum atomic E-state index is 13.1. The van der Waals surface area contributed by atoms with Crippen molar-refractivity contribution in [2.45, 2.75) is 13.1 Å². The van der Waals surface area contributed by atoms with E-state index in [0.717, 1.165) is 6.07 Å². The van der Waals surface area contributed by atoms with Gasteiger partial charge in [-0.3, -0.25) is 10.1 Å². The number of halogens is 3. The summed E-state index contributed by atoms with van der Waals surface area (Å²) in [5, 5.41) is 10.7. The molecule has 0 aliphatic carbocycles. The predicted molar refractivity (Wildman–Crippen MR) is 72.7 cm³/mol. The molecule has 0 heterocycles. The minimum atomic E-state index is -4.56. The van der Waals surface area contributed by atoms with Crippen LogP contribution in [0, 0.1) is 17.0 Å². The summed E-state index contributed by atoms with van der Waals surface area (Å²) in [4.78, 5) is 10.1. The van der Waals surface area contributed by atoms with Gasteiger partial charge in [0.15, 0.2) is 0 Å². The van der Waals surface area contributed by atoms with Crippen LogP contribution in [-0.2, 0) is 6.18 Å². The van der Waals surface area contributed by atoms with E-state index in [1.54, 1.807) is 0 Å². The van der Waals surface area contributed by atoms with Gasteiger partial charge >= 0.3 is 6.18 Å². The molecule has 21 heavy (non-hydrogen) atoms. The summed E-state index contributed by atoms with van der Waals surface area (Å²) in [6.45, 7) is 1.53. The van der Waals surface area contributed by atoms with Crippen LogP contribution in [0.4, 0.5) is 24.5 Å². The monoisotopic (exact) mass is 296 g/mol. The largest absolute Gasteiger partial charge is 0.417 e. The number of nitro groups is 1. The normalized spacial score (nSPS) is 11.4. The molecule has 2 N–H and O–H groups in total. The van der Waals surface area contributed by atoms with Crippen LogP contribution in [0.5, 0.6) is 0 Å². The van der Waals surface area contributed by atoms with E-state index in [9.17, 15) is 23.3 Å². The quantitative estimate of drug-likeness (QED) is 0.513. The molecule has 2 aromatic rings. The number of non-ortho nitro benzene ring substituents is 1. The van der Waals surface area contributed by atoms with Crippen molar-refractivity contribution < 1.29 is 18.1 Å². The maximum Gasteiger partial charge on any atom is 0.417 e. The van der Waals surface area contributed by atoms with E-state index >= 15 is 0 Å². The van der Waals surface area contributed by atoms with E-state index in [-0.39, 0.29) is 22.5 Å². The second-order valence-corrected chi connectivity index (χ2v) is 4.56. The molecule has 0 bridgehead atoms. The topological polar surface area (TPSA) is 69.2 Å². The van der Waals surface area contributed by atoms with Crippen LogP contribution >= 0.6 is 0 Å². The van der Waals surface area contributed by atoms with Gasteiger partial charge in [-0.2, -0.15) is 13.2 Å². The van der Waals surface area contributed by atoms with E-state index in [1.165, 1.54) is 37.3 Å². The third-order valence-corrected chi connectivity index (χ3v) is 3.06. The maximum absolute atomic E-state index is 13.1. The minimum absolute atomic E-state index is 0.00522. The second-order valence-electron chi connectivity index (χ2n) is 4.56. The zero-order valence-corrected chi connectivity index (χ0v) is 10.9. The highest BCUT2D eigenvalue weighted by atomic mass is 19.4. The number of hydrogen-bond acceptors (Lipinski definition) is 3. The van der Waals surface area contributed by atoms with Gasteiger partial charge in [-0.15, -0.1) is 0 Å². The Morgan fingerprint density at radius 1 is 1.10 bits per heavy atom. The molecule has 4 nitrogen and oxygen atoms in total. The predicted octanol–water partition coefficient (Wildman–Crippen LogP) is 4.17. The van der Waals surface area contributed by atoms with Gasteiger partial charge in [0.1, 0.15) is 0 Å². The molecule has 0 unspecified atom stereocenters. The van der Waals surface area contributed by atoms with Crippen LogP contribution in [0.1, 0.15) is 11.1 Å². The Morgan fingerprint density at radius 3 is 2.24 bits per heavy atom. The molecule has 0 atom stereocenters. The Morgan fingerprint density at radius 2 is 1.71 bits per heavy atom. The first-order valence-electron chi connectivity index (χ1n) is 5.92. The first-order valence-corrected chi connectivity index (χ1v) is 5.92. The number of benzene rings is 2. The van der Waals surface area contributed by atoms with Gasteiger partial charge in [0.25, 0.3) is 5.69 Å². The van der Waals surface area contributed by atoms with Crippen molar-refractivity contribution in [2.24, 2.45) is 0 Å². The third-order valence-electron chi connectivity index (χ3n) is 3.06. The van der Waals surface area contributed by atoms with Crippen LogP contribution in [-0.4, -0.2) is 4.92 Å². The van der Waals surface area contributed by atoms with Crippen LogP contribution in [0.15, 0.2) is 36.4 Å². The summed E-state index contributed by atoms with van der Waals surface area (Å²) in [5.74, 6) is 0. The van der Waals surface area contributed by atoms with Crippen molar-refractivity contribution in [1.29, 1.82) is 0 Å². The molecule has 0 saturated heterocycles. The van der Waals surface area contributed by atoms with Crippen molar-refractivity contribution in [3.05, 3.63) is 57.6 Å². The van der Waals surface area contributed by atoms with Crippen molar-refractivity contribution in [3.63, 3.8) is 0 Å². The van der Waals surface area contributed by atoms with Crippen molar-refractivity contribution in [2.75, 3.05) is 5.73 Å². The third kappa shape index (κ3) is 2.96. The fourth-order valence-electron chi connectivity index (χ4n) is 2.09. The van der Waals surface area contributed by atoms with Crippen LogP contribution in [0.3, 0.4) is 0 Å². The smallest absolute Gasteiger partial charge is 0.399 e. The van der Waals surface area contributed by atoms with Gasteiger partial charge in [-0.1, -0.05) is 6.07 Å². The molecule has 0 spiro atoms. The van der Waals surface area contributed by atoms with Gasteiger partial charge in [0, 0.05) is 17.8 Å². The van der Waals surface area contributed by atoms with Gasteiger partial charge in [0.2, 0.25) is 0 Å². The Labute approximate surface area is 118 Å². The van der Waals surface area contributed by atoms with Crippen molar-refractivity contribution in [1.82, 2.24) is 0 Å². The van der Waals surface area contributed by atoms with Gasteiger partial charge in [-0.25, -0.2) is 0 Å². The molecule has 0 radical (unpaired) electrons. The number of alkyl halides is 3. The van der Waals surface area contributed by atoms with E-state index in [2.05, 4.69) is 0 Å². The van der Waals surface area contributed by atoms with Gasteiger partial charge < -0.3 is 5.73 Å². The van der Waals surface area contributed by atoms with Crippen molar-refractivity contribution >= 4 is 11.4 Å². The first-order chi connectivity index (χ1) is 9.70. The number of hydrogen-bond donors (Lipinski definition) is 1. The Balaban J connectivity index is 2.65. The highest BCUT2D eigenvalue weighted by Crippen LogP contribution is 2.39. The number of aryl methyl sites for hydroxylation is 1. The average molecular weight is 296 g/mol. The summed E-state index contributed by atoms with van der Waals surface area (Å²) in [7, 11) is 0. The number of nitrogen functional groups attached to an aromatic ring is 1. The lowest BCUT2D eigenvalue weighted by Gasteiger charge is -2.15. The lowest BCUT2D eigenvalue weighted by molar-refractivity contribution is -0.384. The molecule has 0 amide bonds. The van der Waals surface area contributed by atoms with Gasteiger partial charge in [0.05, 0.1) is 10.5 Å². The molecule has 110 valence electrons. The highest BCUT2D eigenvalue weighted by molar-refractivity contribution is 5.74. The summed E-state index contributed by atoms with van der Waals surface area (Å²) < 4.78 is 39.3. The molecule has 2 rings (SSSR count). The molecule has 7 heteroatoms. The van der Waals surface area contributed by atoms with Crippen LogP contribution in [0.2, 0.25) is 0 Å².